The Hall–Kier alpha value is -4.58. The van der Waals surface area contributed by atoms with Gasteiger partial charge in [0.1, 0.15) is 11.4 Å². The largest absolute Gasteiger partial charge is 0.477 e. The topological polar surface area (TPSA) is 127 Å². The molecular formula is C28H27FN6O5. The van der Waals surface area contributed by atoms with Crippen LogP contribution in [0.2, 0.25) is 0 Å². The molecule has 0 amide bonds. The van der Waals surface area contributed by atoms with Crippen molar-refractivity contribution >= 4 is 28.2 Å². The van der Waals surface area contributed by atoms with Crippen molar-refractivity contribution < 1.29 is 19.2 Å². The van der Waals surface area contributed by atoms with E-state index < -0.39 is 22.1 Å². The van der Waals surface area contributed by atoms with Gasteiger partial charge in [-0.05, 0) is 30.5 Å². The Morgan fingerprint density at radius 3 is 2.60 bits per heavy atom. The van der Waals surface area contributed by atoms with Crippen molar-refractivity contribution in [3.8, 4) is 0 Å². The van der Waals surface area contributed by atoms with E-state index in [1.165, 1.54) is 12.3 Å². The van der Waals surface area contributed by atoms with Crippen LogP contribution in [0.5, 0.6) is 0 Å². The second kappa shape index (κ2) is 10.2. The van der Waals surface area contributed by atoms with Gasteiger partial charge >= 0.3 is 5.97 Å². The highest BCUT2D eigenvalue weighted by atomic mass is 19.1. The molecule has 1 unspecified atom stereocenters. The maximum atomic E-state index is 15.4. The molecule has 12 heteroatoms. The Morgan fingerprint density at radius 2 is 1.95 bits per heavy atom. The number of halogens is 1. The first-order chi connectivity index (χ1) is 19.3. The fourth-order valence-electron chi connectivity index (χ4n) is 5.55. The van der Waals surface area contributed by atoms with E-state index in [9.17, 15) is 24.8 Å². The molecule has 1 aliphatic carbocycles. The first kappa shape index (κ1) is 25.7. The van der Waals surface area contributed by atoms with Gasteiger partial charge in [-0.25, -0.2) is 14.2 Å². The first-order valence-corrected chi connectivity index (χ1v) is 13.1. The van der Waals surface area contributed by atoms with Gasteiger partial charge < -0.3 is 19.1 Å². The molecule has 1 saturated heterocycles. The normalized spacial score (nSPS) is 16.8. The number of hydrogen-bond donors (Lipinski definition) is 1. The van der Waals surface area contributed by atoms with Gasteiger partial charge in [0.15, 0.2) is 0 Å². The van der Waals surface area contributed by atoms with Crippen molar-refractivity contribution in [3.63, 3.8) is 0 Å². The number of carboxylic acid groups (broad SMARTS) is 1. The highest BCUT2D eigenvalue weighted by molar-refractivity contribution is 5.93. The van der Waals surface area contributed by atoms with E-state index in [4.69, 9.17) is 0 Å². The number of hydrogen-bond acceptors (Lipinski definition) is 7. The molecule has 4 aromatic rings. The molecule has 2 aromatic heterocycles. The Balaban J connectivity index is 1.29. The number of nitro groups is 1. The van der Waals surface area contributed by atoms with Crippen molar-refractivity contribution in [1.82, 2.24) is 19.0 Å². The zero-order valence-corrected chi connectivity index (χ0v) is 21.5. The highest BCUT2D eigenvalue weighted by Crippen LogP contribution is 2.38. The first-order valence-electron chi connectivity index (χ1n) is 13.1. The Kier molecular flexibility index (Phi) is 6.54. The van der Waals surface area contributed by atoms with Crippen LogP contribution >= 0.6 is 0 Å². The predicted octanol–water partition coefficient (Wildman–Crippen LogP) is 3.84. The van der Waals surface area contributed by atoms with Gasteiger partial charge in [0.05, 0.1) is 28.5 Å². The number of fused-ring (bicyclic) bond motifs is 1. The summed E-state index contributed by atoms with van der Waals surface area (Å²) in [5, 5.41) is 21.0. The number of anilines is 1. The number of imidazole rings is 1. The quantitative estimate of drug-likeness (QED) is 0.261. The van der Waals surface area contributed by atoms with Crippen LogP contribution in [0.25, 0.3) is 10.9 Å². The molecule has 1 aliphatic heterocycles. The fourth-order valence-corrected chi connectivity index (χ4v) is 5.55. The van der Waals surface area contributed by atoms with Crippen molar-refractivity contribution in [2.24, 2.45) is 0 Å². The highest BCUT2D eigenvalue weighted by Gasteiger charge is 2.30. The SMILES string of the molecule is O=C(O)c1cn(C2CC2)c2cc(N3CCN(C(Cn4ccnc4)c4cccc([N+](=O)[O-])c4)CC3)c(F)cc2c1=O. The molecule has 2 aromatic carbocycles. The number of nitrogens with zero attached hydrogens (tertiary/aromatic N) is 6. The van der Waals surface area contributed by atoms with Crippen LogP contribution in [0, 0.1) is 15.9 Å². The van der Waals surface area contributed by atoms with E-state index in [2.05, 4.69) is 9.88 Å². The molecule has 40 heavy (non-hydrogen) atoms. The smallest absolute Gasteiger partial charge is 0.341 e. The summed E-state index contributed by atoms with van der Waals surface area (Å²) in [7, 11) is 0. The zero-order valence-electron chi connectivity index (χ0n) is 21.5. The summed E-state index contributed by atoms with van der Waals surface area (Å²) in [5.74, 6) is -1.90. The summed E-state index contributed by atoms with van der Waals surface area (Å²) >= 11 is 0. The molecule has 0 bridgehead atoms. The lowest BCUT2D eigenvalue weighted by molar-refractivity contribution is -0.385. The van der Waals surface area contributed by atoms with Crippen molar-refractivity contribution in [2.45, 2.75) is 31.5 Å². The minimum absolute atomic E-state index is 0.0257. The van der Waals surface area contributed by atoms with Crippen molar-refractivity contribution in [3.05, 3.63) is 98.6 Å². The molecule has 11 nitrogen and oxygen atoms in total. The van der Waals surface area contributed by atoms with Gasteiger partial charge in [-0.2, -0.15) is 0 Å². The number of piperazine rings is 1. The number of aromatic carboxylic acids is 1. The predicted molar refractivity (Wildman–Crippen MR) is 145 cm³/mol. The maximum absolute atomic E-state index is 15.4. The third-order valence-corrected chi connectivity index (χ3v) is 7.78. The Bertz CT molecular complexity index is 1660. The number of non-ortho nitro benzene ring substituents is 1. The molecule has 206 valence electrons. The number of carbonyl (C=O) groups is 1. The number of carboxylic acids is 1. The molecule has 1 saturated carbocycles. The third kappa shape index (κ3) is 4.81. The lowest BCUT2D eigenvalue weighted by Gasteiger charge is -2.40. The summed E-state index contributed by atoms with van der Waals surface area (Å²) in [5.41, 5.74) is 0.698. The van der Waals surface area contributed by atoms with Crippen LogP contribution in [0.1, 0.15) is 40.8 Å². The molecule has 2 fully saturated rings. The molecule has 3 heterocycles. The van der Waals surface area contributed by atoms with E-state index in [0.717, 1.165) is 24.5 Å². The van der Waals surface area contributed by atoms with Crippen LogP contribution in [0.15, 0.2) is 66.1 Å². The molecular weight excluding hydrogens is 519 g/mol. The van der Waals surface area contributed by atoms with Crippen molar-refractivity contribution in [2.75, 3.05) is 31.1 Å². The van der Waals surface area contributed by atoms with Crippen LogP contribution in [0.3, 0.4) is 0 Å². The second-order valence-electron chi connectivity index (χ2n) is 10.3. The minimum Gasteiger partial charge on any atom is -0.477 e. The maximum Gasteiger partial charge on any atom is 0.341 e. The lowest BCUT2D eigenvalue weighted by atomic mass is 10.0. The zero-order chi connectivity index (χ0) is 28.0. The molecule has 1 atom stereocenters. The Labute approximate surface area is 227 Å². The van der Waals surface area contributed by atoms with Gasteiger partial charge in [-0.3, -0.25) is 19.8 Å². The van der Waals surface area contributed by atoms with Crippen LogP contribution in [-0.4, -0.2) is 61.2 Å². The number of aromatic nitrogens is 3. The summed E-state index contributed by atoms with van der Waals surface area (Å²) in [6.45, 7) is 2.70. The van der Waals surface area contributed by atoms with Gasteiger partial charge in [-0.1, -0.05) is 12.1 Å². The molecule has 6 rings (SSSR count). The van der Waals surface area contributed by atoms with Crippen LogP contribution < -0.4 is 10.3 Å². The fraction of sp³-hybridized carbons (Fsp3) is 0.321. The lowest BCUT2D eigenvalue weighted by Crippen LogP contribution is -2.48. The number of pyridine rings is 1. The van der Waals surface area contributed by atoms with E-state index in [1.807, 2.05) is 21.7 Å². The number of rotatable bonds is 8. The average Bonchev–Trinajstić information content (AvgIpc) is 3.66. The van der Waals surface area contributed by atoms with Crippen LogP contribution in [0.4, 0.5) is 15.8 Å². The van der Waals surface area contributed by atoms with E-state index in [1.54, 1.807) is 35.3 Å². The molecule has 1 N–H and O–H groups in total. The standard InChI is InChI=1S/C28H27FN6O5/c29-23-13-21-24(34(19-4-5-19)15-22(27(21)36)28(37)38)14-25(23)32-8-10-33(11-9-32)26(16-31-7-6-30-17-31)18-2-1-3-20(12-18)35(39)40/h1-3,6-7,12-15,17,19,26H,4-5,8-11,16H2,(H,37,38). The van der Waals surface area contributed by atoms with Gasteiger partial charge in [0.2, 0.25) is 5.43 Å². The summed E-state index contributed by atoms with van der Waals surface area (Å²) < 4.78 is 19.2. The van der Waals surface area contributed by atoms with E-state index >= 15 is 4.39 Å². The van der Waals surface area contributed by atoms with Gasteiger partial charge in [-0.15, -0.1) is 0 Å². The average molecular weight is 547 g/mol. The Morgan fingerprint density at radius 1 is 1.18 bits per heavy atom. The molecule has 0 spiro atoms. The second-order valence-corrected chi connectivity index (χ2v) is 10.3. The van der Waals surface area contributed by atoms with Crippen LogP contribution in [-0.2, 0) is 6.54 Å². The van der Waals surface area contributed by atoms with Crippen molar-refractivity contribution in [1.29, 1.82) is 0 Å². The summed E-state index contributed by atoms with van der Waals surface area (Å²) in [6, 6.07) is 9.39. The molecule has 0 radical (unpaired) electrons. The number of nitro benzene ring substituents is 1. The van der Waals surface area contributed by atoms with Gasteiger partial charge in [0, 0.05) is 74.9 Å². The third-order valence-electron chi connectivity index (χ3n) is 7.78. The van der Waals surface area contributed by atoms with E-state index in [-0.39, 0.29) is 28.7 Å². The summed E-state index contributed by atoms with van der Waals surface area (Å²) in [6.07, 6.45) is 8.37. The minimum atomic E-state index is -1.32. The summed E-state index contributed by atoms with van der Waals surface area (Å²) in [4.78, 5) is 43.8. The van der Waals surface area contributed by atoms with Gasteiger partial charge in [0.25, 0.3) is 5.69 Å². The number of benzene rings is 2. The van der Waals surface area contributed by atoms with E-state index in [0.29, 0.717) is 43.9 Å². The monoisotopic (exact) mass is 546 g/mol. The molecule has 2 aliphatic rings.